The summed E-state index contributed by atoms with van der Waals surface area (Å²) in [4.78, 5) is 0.726. The smallest absolute Gasteiger partial charge is 0.211 e. The predicted octanol–water partition coefficient (Wildman–Crippen LogP) is 3.48. The van der Waals surface area contributed by atoms with Gasteiger partial charge in [0.2, 0.25) is 10.0 Å². The number of nitrogens with one attached hydrogen (secondary N) is 1. The molecular formula is C14H22BrNO2S. The molecule has 5 heteroatoms. The Balaban J connectivity index is 2.95. The maximum atomic E-state index is 12.2. The molecule has 0 aliphatic rings. The minimum Gasteiger partial charge on any atom is -0.211 e. The summed E-state index contributed by atoms with van der Waals surface area (Å²) in [5, 5.41) is 0. The van der Waals surface area contributed by atoms with Crippen molar-refractivity contribution in [3.8, 4) is 0 Å². The summed E-state index contributed by atoms with van der Waals surface area (Å²) in [5.41, 5.74) is 0.876. The van der Waals surface area contributed by atoms with Crippen molar-refractivity contribution in [3.63, 3.8) is 0 Å². The van der Waals surface area contributed by atoms with Gasteiger partial charge in [-0.05, 0) is 30.9 Å². The van der Waals surface area contributed by atoms with E-state index >= 15 is 0 Å². The zero-order valence-corrected chi connectivity index (χ0v) is 13.9. The van der Waals surface area contributed by atoms with Gasteiger partial charge in [0.05, 0.1) is 4.90 Å². The first-order valence-electron chi connectivity index (χ1n) is 6.72. The molecule has 0 aliphatic carbocycles. The molecule has 0 aliphatic heterocycles. The predicted molar refractivity (Wildman–Crippen MR) is 83.2 cm³/mol. The second-order valence-electron chi connectivity index (χ2n) is 4.60. The molecule has 0 saturated carbocycles. The first-order chi connectivity index (χ1) is 9.01. The van der Waals surface area contributed by atoms with Crippen LogP contribution < -0.4 is 4.72 Å². The van der Waals surface area contributed by atoms with E-state index < -0.39 is 10.0 Å². The summed E-state index contributed by atoms with van der Waals surface area (Å²) in [6.45, 7) is 4.55. The SMILES string of the molecule is CCCNS(=O)(=O)c1ccccc1CC(Br)CCC. The van der Waals surface area contributed by atoms with Crippen molar-refractivity contribution in [2.75, 3.05) is 6.54 Å². The highest BCUT2D eigenvalue weighted by Gasteiger charge is 2.18. The average Bonchev–Trinajstić information content (AvgIpc) is 2.37. The van der Waals surface area contributed by atoms with Crippen molar-refractivity contribution in [2.24, 2.45) is 0 Å². The molecular weight excluding hydrogens is 326 g/mol. The van der Waals surface area contributed by atoms with Crippen LogP contribution in [0.2, 0.25) is 0 Å². The summed E-state index contributed by atoms with van der Waals surface area (Å²) < 4.78 is 27.1. The lowest BCUT2D eigenvalue weighted by Gasteiger charge is -2.13. The fraction of sp³-hybridized carbons (Fsp3) is 0.571. The lowest BCUT2D eigenvalue weighted by Crippen LogP contribution is -2.25. The highest BCUT2D eigenvalue weighted by molar-refractivity contribution is 9.09. The van der Waals surface area contributed by atoms with Crippen LogP contribution in [0.4, 0.5) is 0 Å². The second-order valence-corrected chi connectivity index (χ2v) is 7.63. The maximum absolute atomic E-state index is 12.2. The van der Waals surface area contributed by atoms with E-state index in [1.165, 1.54) is 0 Å². The van der Waals surface area contributed by atoms with Crippen molar-refractivity contribution in [1.29, 1.82) is 0 Å². The molecule has 0 bridgehead atoms. The molecule has 0 heterocycles. The van der Waals surface area contributed by atoms with Gasteiger partial charge in [0.25, 0.3) is 0 Å². The zero-order chi connectivity index (χ0) is 14.3. The third kappa shape index (κ3) is 5.24. The van der Waals surface area contributed by atoms with Gasteiger partial charge in [-0.2, -0.15) is 0 Å². The van der Waals surface area contributed by atoms with Crippen LogP contribution in [0.5, 0.6) is 0 Å². The number of halogens is 1. The van der Waals surface area contributed by atoms with Crippen molar-refractivity contribution < 1.29 is 8.42 Å². The number of benzene rings is 1. The number of rotatable bonds is 8. The third-order valence-electron chi connectivity index (χ3n) is 2.85. The topological polar surface area (TPSA) is 46.2 Å². The molecule has 0 fully saturated rings. The van der Waals surface area contributed by atoms with Gasteiger partial charge in [-0.25, -0.2) is 13.1 Å². The summed E-state index contributed by atoms with van der Waals surface area (Å²) in [7, 11) is -3.38. The molecule has 3 nitrogen and oxygen atoms in total. The van der Waals surface area contributed by atoms with Crippen LogP contribution in [0.15, 0.2) is 29.2 Å². The Morgan fingerprint density at radius 1 is 1.21 bits per heavy atom. The van der Waals surface area contributed by atoms with E-state index in [1.54, 1.807) is 12.1 Å². The number of hydrogen-bond acceptors (Lipinski definition) is 2. The van der Waals surface area contributed by atoms with Crippen molar-refractivity contribution in [2.45, 2.75) is 49.3 Å². The van der Waals surface area contributed by atoms with Gasteiger partial charge in [0, 0.05) is 11.4 Å². The Kier molecular flexibility index (Phi) is 7.04. The van der Waals surface area contributed by atoms with E-state index in [-0.39, 0.29) is 0 Å². The summed E-state index contributed by atoms with van der Waals surface area (Å²) >= 11 is 3.61. The van der Waals surface area contributed by atoms with Crippen LogP contribution in [0.25, 0.3) is 0 Å². The van der Waals surface area contributed by atoms with Crippen LogP contribution >= 0.6 is 15.9 Å². The van der Waals surface area contributed by atoms with Crippen molar-refractivity contribution in [1.82, 2.24) is 4.72 Å². The van der Waals surface area contributed by atoms with E-state index in [0.717, 1.165) is 31.2 Å². The lowest BCUT2D eigenvalue weighted by molar-refractivity contribution is 0.579. The summed E-state index contributed by atoms with van der Waals surface area (Å²) in [5.74, 6) is 0. The molecule has 0 radical (unpaired) electrons. The van der Waals surface area contributed by atoms with Gasteiger partial charge in [0.15, 0.2) is 0 Å². The van der Waals surface area contributed by atoms with E-state index in [2.05, 4.69) is 27.6 Å². The van der Waals surface area contributed by atoms with Gasteiger partial charge >= 0.3 is 0 Å². The van der Waals surface area contributed by atoms with E-state index in [0.29, 0.717) is 16.3 Å². The summed E-state index contributed by atoms with van der Waals surface area (Å²) in [6.07, 6.45) is 3.64. The zero-order valence-electron chi connectivity index (χ0n) is 11.5. The van der Waals surface area contributed by atoms with Gasteiger partial charge in [-0.3, -0.25) is 0 Å². The first kappa shape index (κ1) is 16.7. The van der Waals surface area contributed by atoms with Crippen LogP contribution in [0.1, 0.15) is 38.7 Å². The molecule has 0 spiro atoms. The standard InChI is InChI=1S/C14H22BrNO2S/c1-3-7-13(15)11-12-8-5-6-9-14(12)19(17,18)16-10-4-2/h5-6,8-9,13,16H,3-4,7,10-11H2,1-2H3. The Morgan fingerprint density at radius 3 is 2.53 bits per heavy atom. The molecule has 1 rings (SSSR count). The molecule has 1 aromatic rings. The van der Waals surface area contributed by atoms with E-state index in [4.69, 9.17) is 0 Å². The van der Waals surface area contributed by atoms with Gasteiger partial charge in [-0.1, -0.05) is 54.4 Å². The molecule has 1 unspecified atom stereocenters. The van der Waals surface area contributed by atoms with E-state index in [1.807, 2.05) is 19.1 Å². The molecule has 1 atom stereocenters. The molecule has 0 saturated heterocycles. The monoisotopic (exact) mass is 347 g/mol. The third-order valence-corrected chi connectivity index (χ3v) is 5.19. The minimum absolute atomic E-state index is 0.319. The number of alkyl halides is 1. The number of sulfonamides is 1. The van der Waals surface area contributed by atoms with Crippen molar-refractivity contribution in [3.05, 3.63) is 29.8 Å². The maximum Gasteiger partial charge on any atom is 0.240 e. The minimum atomic E-state index is -3.38. The molecule has 0 aromatic heterocycles. The van der Waals surface area contributed by atoms with Gasteiger partial charge in [0.1, 0.15) is 0 Å². The fourth-order valence-corrected chi connectivity index (χ4v) is 4.09. The number of hydrogen-bond donors (Lipinski definition) is 1. The lowest BCUT2D eigenvalue weighted by atomic mass is 10.1. The Labute approximate surface area is 125 Å². The van der Waals surface area contributed by atoms with Crippen LogP contribution in [0.3, 0.4) is 0 Å². The molecule has 19 heavy (non-hydrogen) atoms. The largest absolute Gasteiger partial charge is 0.240 e. The van der Waals surface area contributed by atoms with E-state index in [9.17, 15) is 8.42 Å². The van der Waals surface area contributed by atoms with Crippen LogP contribution in [-0.4, -0.2) is 19.8 Å². The Bertz CT molecular complexity index is 488. The Morgan fingerprint density at radius 2 is 1.89 bits per heavy atom. The highest BCUT2D eigenvalue weighted by Crippen LogP contribution is 2.21. The molecule has 0 amide bonds. The van der Waals surface area contributed by atoms with Crippen molar-refractivity contribution >= 4 is 26.0 Å². The second kappa shape index (κ2) is 8.02. The average molecular weight is 348 g/mol. The van der Waals surface area contributed by atoms with Gasteiger partial charge in [-0.15, -0.1) is 0 Å². The first-order valence-corrected chi connectivity index (χ1v) is 9.12. The quantitative estimate of drug-likeness (QED) is 0.731. The highest BCUT2D eigenvalue weighted by atomic mass is 79.9. The van der Waals surface area contributed by atoms with Crippen LogP contribution in [-0.2, 0) is 16.4 Å². The van der Waals surface area contributed by atoms with Gasteiger partial charge < -0.3 is 0 Å². The summed E-state index contributed by atoms with van der Waals surface area (Å²) in [6, 6.07) is 7.23. The molecule has 1 N–H and O–H groups in total. The van der Waals surface area contributed by atoms with Crippen LogP contribution in [0, 0.1) is 0 Å². The fourth-order valence-electron chi connectivity index (χ4n) is 1.90. The molecule has 1 aromatic carbocycles. The molecule has 108 valence electrons. The normalized spacial score (nSPS) is 13.4. The Hall–Kier alpha value is -0.390.